The predicted molar refractivity (Wildman–Crippen MR) is 93.6 cm³/mol. The summed E-state index contributed by atoms with van der Waals surface area (Å²) in [6.07, 6.45) is 5.03. The van der Waals surface area contributed by atoms with E-state index in [2.05, 4.69) is 12.2 Å². The van der Waals surface area contributed by atoms with Crippen LogP contribution < -0.4 is 4.90 Å². The van der Waals surface area contributed by atoms with E-state index in [1.54, 1.807) is 4.90 Å². The number of imide groups is 1. The third kappa shape index (κ3) is 2.33. The number of para-hydroxylation sites is 1. The molecule has 3 amide bonds. The number of nitrogens with zero attached hydrogens (tertiary/aromatic N) is 2. The Morgan fingerprint density at radius 1 is 1.12 bits per heavy atom. The number of likely N-dealkylation sites (tertiary alicyclic amines) is 1. The Morgan fingerprint density at radius 3 is 2.28 bits per heavy atom. The summed E-state index contributed by atoms with van der Waals surface area (Å²) < 4.78 is 0. The third-order valence-electron chi connectivity index (χ3n) is 5.88. The fourth-order valence-corrected chi connectivity index (χ4v) is 4.69. The zero-order valence-electron chi connectivity index (χ0n) is 14.5. The maximum Gasteiger partial charge on any atom is 0.247 e. The van der Waals surface area contributed by atoms with E-state index in [9.17, 15) is 14.4 Å². The van der Waals surface area contributed by atoms with Crippen LogP contribution in [0.15, 0.2) is 36.4 Å². The molecule has 5 heteroatoms. The number of allylic oxidation sites excluding steroid dienone is 2. The molecular formula is C20H22N2O3. The maximum atomic E-state index is 12.8. The largest absolute Gasteiger partial charge is 0.311 e. The first-order valence-corrected chi connectivity index (χ1v) is 8.92. The quantitative estimate of drug-likeness (QED) is 0.624. The summed E-state index contributed by atoms with van der Waals surface area (Å²) in [6.45, 7) is 4.19. The Hall–Kier alpha value is -2.43. The van der Waals surface area contributed by atoms with Crippen molar-refractivity contribution in [2.75, 3.05) is 18.0 Å². The molecule has 0 aromatic heterocycles. The van der Waals surface area contributed by atoms with Crippen molar-refractivity contribution in [1.82, 2.24) is 4.90 Å². The van der Waals surface area contributed by atoms with Crippen LogP contribution in [0.2, 0.25) is 0 Å². The summed E-state index contributed by atoms with van der Waals surface area (Å²) in [5, 5.41) is 0. The molecule has 1 saturated heterocycles. The standard InChI is InChI=1S/C20H22N2O3/c1-3-21(15-7-5-4-6-12(15)2)16(23)11-22-19(24)17-13-8-9-14(10-13)18(17)20(22)25/h4-9,13-14,17-18H,3,10-11H2,1-2H3. The van der Waals surface area contributed by atoms with Crippen molar-refractivity contribution in [1.29, 1.82) is 0 Å². The minimum absolute atomic E-state index is 0.160. The molecule has 5 nitrogen and oxygen atoms in total. The van der Waals surface area contributed by atoms with Crippen molar-refractivity contribution in [3.05, 3.63) is 42.0 Å². The predicted octanol–water partition coefficient (Wildman–Crippen LogP) is 2.16. The van der Waals surface area contributed by atoms with Crippen LogP contribution in [-0.2, 0) is 14.4 Å². The number of aryl methyl sites for hydroxylation is 1. The van der Waals surface area contributed by atoms with Crippen molar-refractivity contribution in [2.24, 2.45) is 23.7 Å². The van der Waals surface area contributed by atoms with Gasteiger partial charge in [-0.05, 0) is 43.7 Å². The first-order chi connectivity index (χ1) is 12.0. The van der Waals surface area contributed by atoms with E-state index < -0.39 is 0 Å². The van der Waals surface area contributed by atoms with Gasteiger partial charge in [0.2, 0.25) is 17.7 Å². The lowest BCUT2D eigenvalue weighted by atomic mass is 9.85. The number of hydrogen-bond acceptors (Lipinski definition) is 3. The number of carbonyl (C=O) groups is 3. The minimum atomic E-state index is -0.246. The van der Waals surface area contributed by atoms with Gasteiger partial charge in [-0.25, -0.2) is 0 Å². The van der Waals surface area contributed by atoms with Crippen molar-refractivity contribution in [3.63, 3.8) is 0 Å². The Balaban J connectivity index is 1.54. The van der Waals surface area contributed by atoms with Gasteiger partial charge >= 0.3 is 0 Å². The molecule has 4 unspecified atom stereocenters. The van der Waals surface area contributed by atoms with Crippen molar-refractivity contribution in [2.45, 2.75) is 20.3 Å². The van der Waals surface area contributed by atoms with Gasteiger partial charge in [-0.15, -0.1) is 0 Å². The fourth-order valence-electron chi connectivity index (χ4n) is 4.69. The highest BCUT2D eigenvalue weighted by atomic mass is 16.2. The molecule has 1 aromatic rings. The highest BCUT2D eigenvalue weighted by molar-refractivity contribution is 6.10. The van der Waals surface area contributed by atoms with E-state index in [1.807, 2.05) is 38.1 Å². The highest BCUT2D eigenvalue weighted by Crippen LogP contribution is 2.52. The summed E-state index contributed by atoms with van der Waals surface area (Å²) in [5.74, 6) is -0.691. The summed E-state index contributed by atoms with van der Waals surface area (Å²) in [7, 11) is 0. The molecule has 1 heterocycles. The number of rotatable bonds is 4. The maximum absolute atomic E-state index is 12.8. The lowest BCUT2D eigenvalue weighted by Gasteiger charge is -2.25. The lowest BCUT2D eigenvalue weighted by Crippen LogP contribution is -2.44. The average molecular weight is 338 g/mol. The second-order valence-corrected chi connectivity index (χ2v) is 7.19. The molecule has 0 radical (unpaired) electrons. The summed E-state index contributed by atoms with van der Waals surface area (Å²) in [4.78, 5) is 41.2. The first-order valence-electron chi connectivity index (χ1n) is 8.92. The zero-order valence-corrected chi connectivity index (χ0v) is 14.5. The fraction of sp³-hybridized carbons (Fsp3) is 0.450. The van der Waals surface area contributed by atoms with Crippen LogP contribution in [0.5, 0.6) is 0 Å². The Labute approximate surface area is 147 Å². The van der Waals surface area contributed by atoms with Gasteiger partial charge in [-0.3, -0.25) is 19.3 Å². The normalized spacial score (nSPS) is 29.4. The molecule has 2 aliphatic carbocycles. The topological polar surface area (TPSA) is 57.7 Å². The Kier molecular flexibility index (Phi) is 3.74. The number of anilines is 1. The van der Waals surface area contributed by atoms with E-state index in [-0.39, 0.29) is 47.9 Å². The number of benzene rings is 1. The first kappa shape index (κ1) is 16.1. The minimum Gasteiger partial charge on any atom is -0.311 e. The molecule has 1 saturated carbocycles. The van der Waals surface area contributed by atoms with Crippen LogP contribution in [0.3, 0.4) is 0 Å². The van der Waals surface area contributed by atoms with Crippen molar-refractivity contribution < 1.29 is 14.4 Å². The van der Waals surface area contributed by atoms with Crippen LogP contribution >= 0.6 is 0 Å². The number of fused-ring (bicyclic) bond motifs is 5. The Morgan fingerprint density at radius 2 is 1.72 bits per heavy atom. The van der Waals surface area contributed by atoms with E-state index in [0.717, 1.165) is 17.7 Å². The van der Waals surface area contributed by atoms with Crippen molar-refractivity contribution in [3.8, 4) is 0 Å². The monoisotopic (exact) mass is 338 g/mol. The van der Waals surface area contributed by atoms with Gasteiger partial charge in [-0.1, -0.05) is 30.4 Å². The molecule has 4 rings (SSSR count). The van der Waals surface area contributed by atoms with Crippen LogP contribution in [0.25, 0.3) is 0 Å². The van der Waals surface area contributed by atoms with Gasteiger partial charge in [-0.2, -0.15) is 0 Å². The molecule has 1 aromatic carbocycles. The molecule has 0 N–H and O–H groups in total. The van der Waals surface area contributed by atoms with Gasteiger partial charge < -0.3 is 4.90 Å². The lowest BCUT2D eigenvalue weighted by molar-refractivity contribution is -0.143. The molecular weight excluding hydrogens is 316 g/mol. The molecule has 2 fully saturated rings. The van der Waals surface area contributed by atoms with Crippen LogP contribution in [0, 0.1) is 30.6 Å². The van der Waals surface area contributed by atoms with E-state index >= 15 is 0 Å². The number of carbonyl (C=O) groups excluding carboxylic acids is 3. The van der Waals surface area contributed by atoms with Crippen LogP contribution in [0.1, 0.15) is 18.9 Å². The van der Waals surface area contributed by atoms with Gasteiger partial charge in [0, 0.05) is 12.2 Å². The Bertz CT molecular complexity index is 755. The molecule has 4 atom stereocenters. The van der Waals surface area contributed by atoms with E-state index in [1.165, 1.54) is 4.90 Å². The number of hydrogen-bond donors (Lipinski definition) is 0. The molecule has 3 aliphatic rings. The second-order valence-electron chi connectivity index (χ2n) is 7.19. The zero-order chi connectivity index (χ0) is 17.7. The number of likely N-dealkylation sites (N-methyl/N-ethyl adjacent to an activating group) is 1. The molecule has 0 spiro atoms. The SMILES string of the molecule is CCN(C(=O)CN1C(=O)C2C3C=CC(C3)C2C1=O)c1ccccc1C. The molecule has 2 bridgehead atoms. The highest BCUT2D eigenvalue weighted by Gasteiger charge is 2.59. The van der Waals surface area contributed by atoms with Gasteiger partial charge in [0.1, 0.15) is 6.54 Å². The molecule has 130 valence electrons. The smallest absolute Gasteiger partial charge is 0.247 e. The van der Waals surface area contributed by atoms with Crippen LogP contribution in [0.4, 0.5) is 5.69 Å². The second kappa shape index (κ2) is 5.83. The third-order valence-corrected chi connectivity index (χ3v) is 5.88. The summed E-state index contributed by atoms with van der Waals surface area (Å²) in [5.41, 5.74) is 1.83. The molecule has 1 aliphatic heterocycles. The van der Waals surface area contributed by atoms with Crippen LogP contribution in [-0.4, -0.2) is 35.7 Å². The summed E-state index contributed by atoms with van der Waals surface area (Å²) in [6, 6.07) is 7.65. The average Bonchev–Trinajstić information content (AvgIpc) is 3.27. The van der Waals surface area contributed by atoms with Gasteiger partial charge in [0.15, 0.2) is 0 Å². The van der Waals surface area contributed by atoms with Crippen molar-refractivity contribution >= 4 is 23.4 Å². The van der Waals surface area contributed by atoms with Gasteiger partial charge in [0.25, 0.3) is 0 Å². The van der Waals surface area contributed by atoms with E-state index in [4.69, 9.17) is 0 Å². The molecule has 25 heavy (non-hydrogen) atoms. The van der Waals surface area contributed by atoms with Gasteiger partial charge in [0.05, 0.1) is 11.8 Å². The summed E-state index contributed by atoms with van der Waals surface area (Å²) >= 11 is 0. The van der Waals surface area contributed by atoms with E-state index in [0.29, 0.717) is 6.54 Å². The number of amides is 3.